The van der Waals surface area contributed by atoms with Crippen LogP contribution >= 0.6 is 0 Å². The Kier molecular flexibility index (Phi) is 5.93. The normalized spacial score (nSPS) is 17.9. The van der Waals surface area contributed by atoms with Crippen LogP contribution in [0.5, 0.6) is 0 Å². The fraction of sp³-hybridized carbons (Fsp3) is 0.444. The molecule has 1 saturated heterocycles. The summed E-state index contributed by atoms with van der Waals surface area (Å²) < 4.78 is 29.8. The van der Waals surface area contributed by atoms with Crippen LogP contribution in [0.2, 0.25) is 0 Å². The monoisotopic (exact) mass is 392 g/mol. The van der Waals surface area contributed by atoms with Gasteiger partial charge in [0, 0.05) is 23.9 Å². The van der Waals surface area contributed by atoms with Crippen molar-refractivity contribution in [3.05, 3.63) is 36.0 Å². The lowest BCUT2D eigenvalue weighted by atomic mass is 10.2. The van der Waals surface area contributed by atoms with Gasteiger partial charge in [0.15, 0.2) is 15.7 Å². The van der Waals surface area contributed by atoms with Gasteiger partial charge in [0.05, 0.1) is 43.1 Å². The lowest BCUT2D eigenvalue weighted by Gasteiger charge is -2.34. The van der Waals surface area contributed by atoms with E-state index in [4.69, 9.17) is 15.6 Å². The highest BCUT2D eigenvalue weighted by atomic mass is 32.2. The maximum absolute atomic E-state index is 12.2. The number of aliphatic hydroxyl groups excluding tert-OH is 1. The lowest BCUT2D eigenvalue weighted by molar-refractivity contribution is 0.0985. The van der Waals surface area contributed by atoms with Crippen LogP contribution in [0.3, 0.4) is 0 Å². The minimum atomic E-state index is -3.45. The molecule has 0 bridgehead atoms. The Morgan fingerprint density at radius 2 is 2.04 bits per heavy atom. The predicted molar refractivity (Wildman–Crippen MR) is 104 cm³/mol. The van der Waals surface area contributed by atoms with Gasteiger partial charge in [-0.2, -0.15) is 0 Å². The standard InChI is InChI=1S/C18H24N4O4S/c1-13-11-26-8-6-22(13)17-10-16(12-27(24,25)9-7-23)20-18(21-17)14-2-4-15(19)5-3-14/h2-5,10,13,23H,6-9,11-12,19H2,1H3/t13-/m0/s1. The maximum Gasteiger partial charge on any atom is 0.161 e. The van der Waals surface area contributed by atoms with Gasteiger partial charge in [0.2, 0.25) is 0 Å². The van der Waals surface area contributed by atoms with Crippen molar-refractivity contribution in [3.8, 4) is 11.4 Å². The van der Waals surface area contributed by atoms with Gasteiger partial charge in [-0.1, -0.05) is 0 Å². The second-order valence-corrected chi connectivity index (χ2v) is 8.78. The average Bonchev–Trinajstić information content (AvgIpc) is 2.62. The summed E-state index contributed by atoms with van der Waals surface area (Å²) in [6.07, 6.45) is 0. The number of morpholine rings is 1. The van der Waals surface area contributed by atoms with E-state index in [1.54, 1.807) is 18.2 Å². The zero-order valence-electron chi connectivity index (χ0n) is 15.2. The Morgan fingerprint density at radius 1 is 1.30 bits per heavy atom. The molecule has 0 aliphatic carbocycles. The van der Waals surface area contributed by atoms with Gasteiger partial charge in [-0.25, -0.2) is 18.4 Å². The summed E-state index contributed by atoms with van der Waals surface area (Å²) in [6, 6.07) is 8.95. The molecule has 1 aliphatic rings. The summed E-state index contributed by atoms with van der Waals surface area (Å²) in [4.78, 5) is 11.2. The van der Waals surface area contributed by atoms with Crippen molar-refractivity contribution < 1.29 is 18.3 Å². The molecule has 9 heteroatoms. The van der Waals surface area contributed by atoms with Crippen LogP contribution in [0.4, 0.5) is 11.5 Å². The molecule has 2 heterocycles. The molecule has 0 amide bonds. The zero-order valence-corrected chi connectivity index (χ0v) is 16.0. The first-order valence-electron chi connectivity index (χ1n) is 8.77. The van der Waals surface area contributed by atoms with Gasteiger partial charge in [0.1, 0.15) is 5.82 Å². The second kappa shape index (κ2) is 8.20. The molecular formula is C18H24N4O4S. The van der Waals surface area contributed by atoms with Crippen molar-refractivity contribution >= 4 is 21.3 Å². The Bertz CT molecular complexity index is 887. The van der Waals surface area contributed by atoms with Crippen molar-refractivity contribution in [1.82, 2.24) is 9.97 Å². The highest BCUT2D eigenvalue weighted by Crippen LogP contribution is 2.24. The first kappa shape index (κ1) is 19.5. The third kappa shape index (κ3) is 4.94. The molecule has 146 valence electrons. The minimum absolute atomic E-state index is 0.120. The van der Waals surface area contributed by atoms with E-state index >= 15 is 0 Å². The molecule has 1 atom stereocenters. The molecule has 0 unspecified atom stereocenters. The molecule has 1 aromatic carbocycles. The first-order chi connectivity index (χ1) is 12.9. The van der Waals surface area contributed by atoms with Crippen LogP contribution in [0.15, 0.2) is 30.3 Å². The number of nitrogen functional groups attached to an aromatic ring is 1. The Hall–Kier alpha value is -2.23. The maximum atomic E-state index is 12.2. The van der Waals surface area contributed by atoms with E-state index in [0.717, 1.165) is 5.56 Å². The summed E-state index contributed by atoms with van der Waals surface area (Å²) >= 11 is 0. The summed E-state index contributed by atoms with van der Waals surface area (Å²) in [5, 5.41) is 8.99. The molecule has 0 saturated carbocycles. The van der Waals surface area contributed by atoms with Crippen molar-refractivity contribution in [2.24, 2.45) is 0 Å². The van der Waals surface area contributed by atoms with Gasteiger partial charge in [-0.15, -0.1) is 0 Å². The number of rotatable bonds is 6. The number of aromatic nitrogens is 2. The topological polar surface area (TPSA) is 119 Å². The molecule has 3 rings (SSSR count). The van der Waals surface area contributed by atoms with Crippen molar-refractivity contribution in [2.75, 3.05) is 42.8 Å². The van der Waals surface area contributed by atoms with Gasteiger partial charge < -0.3 is 20.5 Å². The smallest absolute Gasteiger partial charge is 0.161 e. The van der Waals surface area contributed by atoms with Gasteiger partial charge in [-0.3, -0.25) is 0 Å². The van der Waals surface area contributed by atoms with Gasteiger partial charge >= 0.3 is 0 Å². The van der Waals surface area contributed by atoms with E-state index in [1.165, 1.54) is 0 Å². The number of benzene rings is 1. The molecule has 1 aliphatic heterocycles. The fourth-order valence-corrected chi connectivity index (χ4v) is 3.99. The number of sulfone groups is 1. The fourth-order valence-electron chi connectivity index (χ4n) is 2.97. The van der Waals surface area contributed by atoms with E-state index < -0.39 is 16.4 Å². The van der Waals surface area contributed by atoms with Crippen LogP contribution in [-0.2, 0) is 20.3 Å². The van der Waals surface area contributed by atoms with Crippen molar-refractivity contribution in [2.45, 2.75) is 18.7 Å². The highest BCUT2D eigenvalue weighted by Gasteiger charge is 2.23. The lowest BCUT2D eigenvalue weighted by Crippen LogP contribution is -2.44. The molecule has 1 aromatic heterocycles. The van der Waals surface area contributed by atoms with E-state index in [1.807, 2.05) is 19.1 Å². The van der Waals surface area contributed by atoms with Crippen LogP contribution in [-0.4, -0.2) is 61.7 Å². The molecule has 2 aromatic rings. The number of hydrogen-bond acceptors (Lipinski definition) is 8. The molecule has 3 N–H and O–H groups in total. The number of hydrogen-bond donors (Lipinski definition) is 2. The van der Waals surface area contributed by atoms with Crippen LogP contribution in [0, 0.1) is 0 Å². The van der Waals surface area contributed by atoms with E-state index in [9.17, 15) is 8.42 Å². The van der Waals surface area contributed by atoms with Gasteiger partial charge in [0.25, 0.3) is 0 Å². The van der Waals surface area contributed by atoms with Crippen LogP contribution in [0.25, 0.3) is 11.4 Å². The number of nitrogens with two attached hydrogens (primary N) is 1. The summed E-state index contributed by atoms with van der Waals surface area (Å²) in [7, 11) is -3.45. The largest absolute Gasteiger partial charge is 0.399 e. The quantitative estimate of drug-likeness (QED) is 0.695. The molecular weight excluding hydrogens is 368 g/mol. The minimum Gasteiger partial charge on any atom is -0.399 e. The Morgan fingerprint density at radius 3 is 2.70 bits per heavy atom. The number of aliphatic hydroxyl groups is 1. The van der Waals surface area contributed by atoms with Crippen LogP contribution < -0.4 is 10.6 Å². The molecule has 0 radical (unpaired) electrons. The average molecular weight is 392 g/mol. The SMILES string of the molecule is C[C@H]1COCCN1c1cc(CS(=O)(=O)CCO)nc(-c2ccc(N)cc2)n1. The molecule has 27 heavy (non-hydrogen) atoms. The Balaban J connectivity index is 2.03. The molecule has 1 fully saturated rings. The second-order valence-electron chi connectivity index (χ2n) is 6.60. The van der Waals surface area contributed by atoms with Gasteiger partial charge in [-0.05, 0) is 31.2 Å². The number of ether oxygens (including phenoxy) is 1. The summed E-state index contributed by atoms with van der Waals surface area (Å²) in [6.45, 7) is 3.46. The van der Waals surface area contributed by atoms with Crippen molar-refractivity contribution in [3.63, 3.8) is 0 Å². The number of anilines is 2. The summed E-state index contributed by atoms with van der Waals surface area (Å²) in [5.74, 6) is 0.573. The predicted octanol–water partition coefficient (Wildman–Crippen LogP) is 0.858. The van der Waals surface area contributed by atoms with Crippen LogP contribution in [0.1, 0.15) is 12.6 Å². The van der Waals surface area contributed by atoms with E-state index in [2.05, 4.69) is 14.9 Å². The third-order valence-corrected chi connectivity index (χ3v) is 5.91. The molecule has 0 spiro atoms. The first-order valence-corrected chi connectivity index (χ1v) is 10.6. The van der Waals surface area contributed by atoms with E-state index in [-0.39, 0.29) is 17.5 Å². The van der Waals surface area contributed by atoms with E-state index in [0.29, 0.717) is 42.8 Å². The van der Waals surface area contributed by atoms with Crippen molar-refractivity contribution in [1.29, 1.82) is 0 Å². The Labute approximate surface area is 158 Å². The highest BCUT2D eigenvalue weighted by molar-refractivity contribution is 7.90. The summed E-state index contributed by atoms with van der Waals surface area (Å²) in [5.41, 5.74) is 7.54. The zero-order chi connectivity index (χ0) is 19.4. The number of nitrogens with zero attached hydrogens (tertiary/aromatic N) is 3. The third-order valence-electron chi connectivity index (χ3n) is 4.37. The molecule has 8 nitrogen and oxygen atoms in total.